The van der Waals surface area contributed by atoms with Crippen molar-refractivity contribution in [2.24, 2.45) is 0 Å². The lowest BCUT2D eigenvalue weighted by atomic mass is 9.87. The second-order valence-electron chi connectivity index (χ2n) is 8.41. The maximum atomic E-state index is 13.7. The van der Waals surface area contributed by atoms with Crippen LogP contribution in [0.25, 0.3) is 0 Å². The van der Waals surface area contributed by atoms with Crippen LogP contribution in [0.4, 0.5) is 83.4 Å². The zero-order valence-electron chi connectivity index (χ0n) is 17.7. The first kappa shape index (κ1) is 34.6. The summed E-state index contributed by atoms with van der Waals surface area (Å²) in [5.74, 6) is -66.2. The van der Waals surface area contributed by atoms with Crippen LogP contribution < -0.4 is 5.32 Å². The van der Waals surface area contributed by atoms with E-state index in [4.69, 9.17) is 0 Å². The molecule has 1 N–H and O–H groups in total. The van der Waals surface area contributed by atoms with E-state index in [1.807, 2.05) is 0 Å². The van der Waals surface area contributed by atoms with Crippen LogP contribution in [0.2, 0.25) is 0 Å². The maximum absolute atomic E-state index is 13.7. The molecule has 0 bridgehead atoms. The van der Waals surface area contributed by atoms with Crippen molar-refractivity contribution >= 4 is 0 Å². The van der Waals surface area contributed by atoms with Crippen molar-refractivity contribution in [2.45, 2.75) is 53.6 Å². The van der Waals surface area contributed by atoms with Crippen molar-refractivity contribution in [2.75, 3.05) is 40.8 Å². The molecule has 0 spiro atoms. The van der Waals surface area contributed by atoms with Gasteiger partial charge in [-0.2, -0.15) is 83.4 Å². The fourth-order valence-corrected chi connectivity index (χ4v) is 2.16. The van der Waals surface area contributed by atoms with Gasteiger partial charge in [-0.05, 0) is 0 Å². The first-order valence-corrected chi connectivity index (χ1v) is 8.81. The number of nitrogens with zero attached hydrogens (tertiary/aromatic N) is 1. The summed E-state index contributed by atoms with van der Waals surface area (Å²) in [5.41, 5.74) is 0. The molecule has 0 aliphatic heterocycles. The minimum atomic E-state index is -8.89. The molecule has 0 aromatic carbocycles. The first-order chi connectivity index (χ1) is 15.2. The van der Waals surface area contributed by atoms with Crippen LogP contribution in [0, 0.1) is 0 Å². The molecule has 0 unspecified atom stereocenters. The molecule has 0 aliphatic carbocycles. The number of likely N-dealkylation sites (N-methyl/N-ethyl adjacent to an activating group) is 1. The van der Waals surface area contributed by atoms with Gasteiger partial charge < -0.3 is 9.80 Å². The number of nitrogens with one attached hydrogen (secondary N) is 1. The summed E-state index contributed by atoms with van der Waals surface area (Å²) in [6.45, 7) is -3.69. The van der Waals surface area contributed by atoms with Gasteiger partial charge in [-0.1, -0.05) is 0 Å². The fraction of sp³-hybridized carbons (Fsp3) is 1.00. The Morgan fingerprint density at radius 1 is 0.444 bits per heavy atom. The third-order valence-electron chi connectivity index (χ3n) is 4.49. The fourth-order valence-electron chi connectivity index (χ4n) is 2.16. The Labute approximate surface area is 189 Å². The van der Waals surface area contributed by atoms with Gasteiger partial charge >= 0.3 is 53.6 Å². The molecule has 0 fully saturated rings. The Balaban J connectivity index is 6.50. The third-order valence-corrected chi connectivity index (χ3v) is 4.49. The molecule has 0 radical (unpaired) electrons. The van der Waals surface area contributed by atoms with Crippen molar-refractivity contribution < 1.29 is 87.9 Å². The topological polar surface area (TPSA) is 12.0 Å². The SMILES string of the molecule is C[N+](C)(C)CCNCC(F)(F)C(F)(F)C(F)(F)C(F)(F)C(F)(F)C(F)(F)C(F)(F)C(F)(F)C(F)(F)F. The van der Waals surface area contributed by atoms with Crippen LogP contribution in [0.3, 0.4) is 0 Å². The average molecular weight is 585 g/mol. The molecule has 218 valence electrons. The van der Waals surface area contributed by atoms with E-state index in [2.05, 4.69) is 0 Å². The molecular formula is C15H16F19N2+. The number of hydrogen-bond acceptors (Lipinski definition) is 1. The quantitative estimate of drug-likeness (QED) is 0.170. The summed E-state index contributed by atoms with van der Waals surface area (Å²) >= 11 is 0. The zero-order valence-corrected chi connectivity index (χ0v) is 17.7. The van der Waals surface area contributed by atoms with Gasteiger partial charge in [-0.3, -0.25) is 0 Å². The maximum Gasteiger partial charge on any atom is 0.460 e. The van der Waals surface area contributed by atoms with E-state index in [-0.39, 0.29) is 11.0 Å². The van der Waals surface area contributed by atoms with Gasteiger partial charge in [0.2, 0.25) is 0 Å². The van der Waals surface area contributed by atoms with Gasteiger partial charge in [0.05, 0.1) is 34.2 Å². The molecule has 0 atom stereocenters. The minimum Gasteiger partial charge on any atom is -0.330 e. The molecule has 0 saturated heterocycles. The largest absolute Gasteiger partial charge is 0.460 e. The van der Waals surface area contributed by atoms with Crippen molar-refractivity contribution in [1.82, 2.24) is 5.32 Å². The van der Waals surface area contributed by atoms with E-state index in [1.165, 1.54) is 26.5 Å². The predicted octanol–water partition coefficient (Wildman–Crippen LogP) is 5.93. The molecule has 0 heterocycles. The van der Waals surface area contributed by atoms with Gasteiger partial charge in [0.1, 0.15) is 0 Å². The van der Waals surface area contributed by atoms with Crippen LogP contribution in [-0.2, 0) is 0 Å². The van der Waals surface area contributed by atoms with E-state index in [9.17, 15) is 83.4 Å². The summed E-state index contributed by atoms with van der Waals surface area (Å²) in [4.78, 5) is 0. The van der Waals surface area contributed by atoms with Gasteiger partial charge in [0, 0.05) is 6.54 Å². The lowest BCUT2D eigenvalue weighted by molar-refractivity contribution is -0.869. The van der Waals surface area contributed by atoms with Crippen LogP contribution in [0.5, 0.6) is 0 Å². The molecule has 2 nitrogen and oxygen atoms in total. The minimum absolute atomic E-state index is 0.0960. The highest BCUT2D eigenvalue weighted by Gasteiger charge is 2.96. The monoisotopic (exact) mass is 585 g/mol. The summed E-state index contributed by atoms with van der Waals surface area (Å²) in [5, 5.41) is 1.34. The molecule has 0 aromatic rings. The van der Waals surface area contributed by atoms with E-state index < -0.39 is 66.6 Å². The second kappa shape index (κ2) is 9.11. The van der Waals surface area contributed by atoms with Crippen molar-refractivity contribution in [3.63, 3.8) is 0 Å². The summed E-state index contributed by atoms with van der Waals surface area (Å²) < 4.78 is 250. The molecule has 21 heteroatoms. The standard InChI is InChI=1S/C15H16F19N2/c1-36(2,3)5-4-35-6-7(16,17)8(18,19)9(20,21)10(22,23)11(24,25)12(26,27)13(28,29)14(30,31)15(32,33)34/h35H,4-6H2,1-3H3/q+1. The highest BCUT2D eigenvalue weighted by molar-refractivity contribution is 5.16. The number of hydrogen-bond donors (Lipinski definition) is 1. The van der Waals surface area contributed by atoms with Gasteiger partial charge in [-0.25, -0.2) is 0 Å². The van der Waals surface area contributed by atoms with Crippen LogP contribution >= 0.6 is 0 Å². The summed E-state index contributed by atoms with van der Waals surface area (Å²) in [7, 11) is 4.14. The van der Waals surface area contributed by atoms with Crippen LogP contribution in [0.1, 0.15) is 0 Å². The Kier molecular flexibility index (Phi) is 8.75. The Morgan fingerprint density at radius 3 is 1.00 bits per heavy atom. The van der Waals surface area contributed by atoms with E-state index in [0.717, 1.165) is 0 Å². The number of quaternary nitrogens is 1. The number of alkyl halides is 19. The second-order valence-corrected chi connectivity index (χ2v) is 8.41. The molecule has 0 aromatic heterocycles. The average Bonchev–Trinajstić information content (AvgIpc) is 2.62. The number of halogens is 19. The van der Waals surface area contributed by atoms with E-state index in [0.29, 0.717) is 0 Å². The van der Waals surface area contributed by atoms with E-state index >= 15 is 0 Å². The van der Waals surface area contributed by atoms with Gasteiger partial charge in [-0.15, -0.1) is 0 Å². The lowest BCUT2D eigenvalue weighted by Crippen LogP contribution is -2.76. The van der Waals surface area contributed by atoms with Crippen LogP contribution in [0.15, 0.2) is 0 Å². The normalized spacial score (nSPS) is 16.5. The Hall–Kier alpha value is -1.41. The smallest absolute Gasteiger partial charge is 0.330 e. The van der Waals surface area contributed by atoms with E-state index in [1.54, 1.807) is 0 Å². The third kappa shape index (κ3) is 5.13. The molecule has 36 heavy (non-hydrogen) atoms. The van der Waals surface area contributed by atoms with Crippen molar-refractivity contribution in [3.05, 3.63) is 0 Å². The number of rotatable bonds is 12. The zero-order chi connectivity index (χ0) is 29.8. The molecular weight excluding hydrogens is 569 g/mol. The Morgan fingerprint density at radius 2 is 0.722 bits per heavy atom. The highest BCUT2D eigenvalue weighted by atomic mass is 19.4. The summed E-state index contributed by atoms with van der Waals surface area (Å²) in [6, 6.07) is 0. The predicted molar refractivity (Wildman–Crippen MR) is 81.4 cm³/mol. The molecule has 0 aliphatic rings. The van der Waals surface area contributed by atoms with Crippen molar-refractivity contribution in [1.29, 1.82) is 0 Å². The first-order valence-electron chi connectivity index (χ1n) is 8.81. The van der Waals surface area contributed by atoms with Gasteiger partial charge in [0.25, 0.3) is 0 Å². The molecule has 0 amide bonds. The lowest BCUT2D eigenvalue weighted by Gasteiger charge is -2.43. The molecule has 0 saturated carbocycles. The van der Waals surface area contributed by atoms with Crippen molar-refractivity contribution in [3.8, 4) is 0 Å². The Bertz CT molecular complexity index is 762. The summed E-state index contributed by atoms with van der Waals surface area (Å²) in [6.07, 6.45) is -7.89. The molecule has 0 rings (SSSR count). The highest BCUT2D eigenvalue weighted by Crippen LogP contribution is 2.65. The van der Waals surface area contributed by atoms with Crippen LogP contribution in [-0.4, -0.2) is 98.8 Å². The van der Waals surface area contributed by atoms with Gasteiger partial charge in [0.15, 0.2) is 0 Å².